The van der Waals surface area contributed by atoms with Crippen molar-refractivity contribution in [2.45, 2.75) is 49.9 Å². The van der Waals surface area contributed by atoms with Gasteiger partial charge >= 0.3 is 0 Å². The molecule has 0 spiro atoms. The highest BCUT2D eigenvalue weighted by Crippen LogP contribution is 2.25. The molecule has 0 aliphatic rings. The van der Waals surface area contributed by atoms with E-state index < -0.39 is 11.6 Å². The normalized spacial score (nSPS) is 12.5. The summed E-state index contributed by atoms with van der Waals surface area (Å²) in [5.41, 5.74) is 8.53. The molecule has 170 valence electrons. The van der Waals surface area contributed by atoms with Crippen LogP contribution >= 0.6 is 11.8 Å². The molecule has 2 aromatic carbocycles. The number of benzene rings is 2. The summed E-state index contributed by atoms with van der Waals surface area (Å²) in [6, 6.07) is 17.7. The molecule has 1 unspecified atom stereocenters. The van der Waals surface area contributed by atoms with Crippen molar-refractivity contribution in [3.05, 3.63) is 77.1 Å². The molecule has 0 saturated carbocycles. The lowest BCUT2D eigenvalue weighted by atomic mass is 10.1. The molecule has 3 N–H and O–H groups in total. The van der Waals surface area contributed by atoms with Crippen LogP contribution in [0, 0.1) is 6.92 Å². The number of amides is 1. The number of ether oxygens (including phenoxy) is 1. The second-order valence-electron chi connectivity index (χ2n) is 8.36. The van der Waals surface area contributed by atoms with Gasteiger partial charge in [0.05, 0.1) is 18.8 Å². The average Bonchev–Trinajstić information content (AvgIpc) is 3.12. The van der Waals surface area contributed by atoms with E-state index in [0.717, 1.165) is 16.5 Å². The summed E-state index contributed by atoms with van der Waals surface area (Å²) in [4.78, 5) is 12.6. The lowest BCUT2D eigenvalue weighted by Gasteiger charge is -2.24. The van der Waals surface area contributed by atoms with Gasteiger partial charge in [0.2, 0.25) is 5.91 Å². The van der Waals surface area contributed by atoms with E-state index in [1.807, 2.05) is 54.1 Å². The zero-order valence-corrected chi connectivity index (χ0v) is 19.9. The standard InChI is InChI=1S/C24H31N5O2S/c1-17-10-8-9-13-19(17)16-32-23-28-27-21(29(23)4)20(26-22(30)24(2,3)25)15-31-14-18-11-6-5-7-12-18/h5-13,20H,14-16,25H2,1-4H3,(H,26,30). The van der Waals surface area contributed by atoms with Crippen molar-refractivity contribution in [3.8, 4) is 0 Å². The van der Waals surface area contributed by atoms with Crippen molar-refractivity contribution < 1.29 is 9.53 Å². The zero-order valence-electron chi connectivity index (χ0n) is 19.0. The summed E-state index contributed by atoms with van der Waals surface area (Å²) in [5, 5.41) is 12.5. The molecular weight excluding hydrogens is 422 g/mol. The fourth-order valence-corrected chi connectivity index (χ4v) is 4.06. The largest absolute Gasteiger partial charge is 0.374 e. The molecule has 1 heterocycles. The first-order valence-corrected chi connectivity index (χ1v) is 11.5. The summed E-state index contributed by atoms with van der Waals surface area (Å²) in [7, 11) is 1.90. The molecule has 0 aliphatic heterocycles. The van der Waals surface area contributed by atoms with Gasteiger partial charge < -0.3 is 20.4 Å². The van der Waals surface area contributed by atoms with Crippen molar-refractivity contribution in [1.82, 2.24) is 20.1 Å². The van der Waals surface area contributed by atoms with Crippen molar-refractivity contribution in [2.24, 2.45) is 12.8 Å². The predicted molar refractivity (Wildman–Crippen MR) is 127 cm³/mol. The highest BCUT2D eigenvalue weighted by molar-refractivity contribution is 7.98. The van der Waals surface area contributed by atoms with Gasteiger partial charge in [-0.25, -0.2) is 0 Å². The number of aryl methyl sites for hydroxylation is 1. The van der Waals surface area contributed by atoms with Gasteiger partial charge in [-0.15, -0.1) is 10.2 Å². The van der Waals surface area contributed by atoms with Crippen molar-refractivity contribution in [1.29, 1.82) is 0 Å². The Labute approximate surface area is 193 Å². The molecule has 1 aromatic heterocycles. The lowest BCUT2D eigenvalue weighted by Crippen LogP contribution is -2.51. The van der Waals surface area contributed by atoms with E-state index in [0.29, 0.717) is 12.4 Å². The number of carbonyl (C=O) groups excluding carboxylic acids is 1. The van der Waals surface area contributed by atoms with Crippen molar-refractivity contribution >= 4 is 17.7 Å². The second kappa shape index (κ2) is 10.8. The third-order valence-corrected chi connectivity index (χ3v) is 6.15. The van der Waals surface area contributed by atoms with Crippen LogP contribution in [0.5, 0.6) is 0 Å². The predicted octanol–water partition coefficient (Wildman–Crippen LogP) is 3.53. The molecule has 0 radical (unpaired) electrons. The molecule has 7 nitrogen and oxygen atoms in total. The smallest absolute Gasteiger partial charge is 0.240 e. The zero-order chi connectivity index (χ0) is 23.1. The van der Waals surface area contributed by atoms with Crippen molar-refractivity contribution in [2.75, 3.05) is 6.61 Å². The van der Waals surface area contributed by atoms with E-state index in [-0.39, 0.29) is 12.5 Å². The Morgan fingerprint density at radius 3 is 2.53 bits per heavy atom. The molecule has 3 rings (SSSR count). The SMILES string of the molecule is Cc1ccccc1CSc1nnc(C(COCc2ccccc2)NC(=O)C(C)(C)N)n1C. The number of rotatable bonds is 10. The molecule has 0 saturated heterocycles. The molecule has 32 heavy (non-hydrogen) atoms. The highest BCUT2D eigenvalue weighted by atomic mass is 32.2. The second-order valence-corrected chi connectivity index (χ2v) is 9.31. The average molecular weight is 454 g/mol. The van der Waals surface area contributed by atoms with Gasteiger partial charge in [0, 0.05) is 12.8 Å². The number of nitrogens with two attached hydrogens (primary N) is 1. The Hall–Kier alpha value is -2.68. The maximum Gasteiger partial charge on any atom is 0.240 e. The fourth-order valence-electron chi connectivity index (χ4n) is 3.06. The Morgan fingerprint density at radius 1 is 1.16 bits per heavy atom. The van der Waals surface area contributed by atoms with Gasteiger partial charge in [0.1, 0.15) is 6.04 Å². The van der Waals surface area contributed by atoms with Gasteiger partial charge in [-0.2, -0.15) is 0 Å². The van der Waals surface area contributed by atoms with Crippen LogP contribution in [0.15, 0.2) is 59.8 Å². The minimum atomic E-state index is -1.02. The highest BCUT2D eigenvalue weighted by Gasteiger charge is 2.28. The van der Waals surface area contributed by atoms with Crippen LogP contribution in [-0.4, -0.2) is 32.8 Å². The first kappa shape index (κ1) is 24.0. The number of hydrogen-bond donors (Lipinski definition) is 2. The third-order valence-electron chi connectivity index (χ3n) is 5.08. The molecule has 8 heteroatoms. The van der Waals surface area contributed by atoms with Gasteiger partial charge in [-0.05, 0) is 37.5 Å². The molecule has 0 bridgehead atoms. The van der Waals surface area contributed by atoms with Gasteiger partial charge in [0.25, 0.3) is 0 Å². The Balaban J connectivity index is 1.72. The summed E-state index contributed by atoms with van der Waals surface area (Å²) in [5.74, 6) is 1.14. The topological polar surface area (TPSA) is 95.1 Å². The maximum absolute atomic E-state index is 12.6. The maximum atomic E-state index is 12.6. The molecule has 1 amide bonds. The molecular formula is C24H31N5O2S. The monoisotopic (exact) mass is 453 g/mol. The third kappa shape index (κ3) is 6.41. The van der Waals surface area contributed by atoms with Crippen LogP contribution in [0.4, 0.5) is 0 Å². The quantitative estimate of drug-likeness (QED) is 0.456. The first-order valence-electron chi connectivity index (χ1n) is 10.5. The minimum absolute atomic E-state index is 0.255. The van der Waals surface area contributed by atoms with Crippen LogP contribution in [0.1, 0.15) is 42.4 Å². The number of hydrogen-bond acceptors (Lipinski definition) is 6. The summed E-state index contributed by atoms with van der Waals surface area (Å²) in [6.45, 7) is 6.13. The molecule has 1 atom stereocenters. The summed E-state index contributed by atoms with van der Waals surface area (Å²) >= 11 is 1.61. The van der Waals surface area contributed by atoms with E-state index in [1.165, 1.54) is 11.1 Å². The van der Waals surface area contributed by atoms with Crippen LogP contribution in [0.3, 0.4) is 0 Å². The number of nitrogens with one attached hydrogen (secondary N) is 1. The van der Waals surface area contributed by atoms with E-state index in [9.17, 15) is 4.79 Å². The lowest BCUT2D eigenvalue weighted by molar-refractivity contribution is -0.126. The van der Waals surface area contributed by atoms with Crippen LogP contribution < -0.4 is 11.1 Å². The van der Waals surface area contributed by atoms with E-state index in [1.54, 1.807) is 25.6 Å². The van der Waals surface area contributed by atoms with E-state index in [4.69, 9.17) is 10.5 Å². The summed E-state index contributed by atoms with van der Waals surface area (Å²) in [6.07, 6.45) is 0. The van der Waals surface area contributed by atoms with Crippen molar-refractivity contribution in [3.63, 3.8) is 0 Å². The Bertz CT molecular complexity index is 1030. The first-order chi connectivity index (χ1) is 15.3. The van der Waals surface area contributed by atoms with E-state index in [2.05, 4.69) is 34.6 Å². The van der Waals surface area contributed by atoms with Crippen LogP contribution in [-0.2, 0) is 28.9 Å². The molecule has 0 fully saturated rings. The molecule has 0 aliphatic carbocycles. The number of aromatic nitrogens is 3. The van der Waals surface area contributed by atoms with Gasteiger partial charge in [-0.3, -0.25) is 4.79 Å². The number of nitrogens with zero attached hydrogens (tertiary/aromatic N) is 3. The Kier molecular flexibility index (Phi) is 8.06. The van der Waals surface area contributed by atoms with Crippen LogP contribution in [0.2, 0.25) is 0 Å². The Morgan fingerprint density at radius 2 is 1.84 bits per heavy atom. The minimum Gasteiger partial charge on any atom is -0.374 e. The number of carbonyl (C=O) groups is 1. The summed E-state index contributed by atoms with van der Waals surface area (Å²) < 4.78 is 7.82. The number of thioether (sulfide) groups is 1. The van der Waals surface area contributed by atoms with Crippen LogP contribution in [0.25, 0.3) is 0 Å². The fraction of sp³-hybridized carbons (Fsp3) is 0.375. The van der Waals surface area contributed by atoms with Gasteiger partial charge in [-0.1, -0.05) is 66.4 Å². The van der Waals surface area contributed by atoms with Gasteiger partial charge in [0.15, 0.2) is 11.0 Å². The molecule has 3 aromatic rings. The van der Waals surface area contributed by atoms with E-state index >= 15 is 0 Å².